The standard InChI is InChI=1S/C8H7F3N2O/c9-8(10,11)7-6-5(12-13-7)4-1-3(4)2-14-6/h3-4H,1-2H2,(H,12,13). The van der Waals surface area contributed by atoms with Crippen molar-refractivity contribution >= 4 is 0 Å². The van der Waals surface area contributed by atoms with Crippen LogP contribution in [0.1, 0.15) is 23.7 Å². The summed E-state index contributed by atoms with van der Waals surface area (Å²) in [5.74, 6) is 0.516. The fourth-order valence-corrected chi connectivity index (χ4v) is 1.91. The molecule has 1 aliphatic carbocycles. The molecule has 1 aromatic heterocycles. The van der Waals surface area contributed by atoms with Crippen LogP contribution in [-0.4, -0.2) is 16.8 Å². The van der Waals surface area contributed by atoms with Gasteiger partial charge in [-0.25, -0.2) is 0 Å². The highest BCUT2D eigenvalue weighted by molar-refractivity contribution is 5.41. The van der Waals surface area contributed by atoms with E-state index in [-0.39, 0.29) is 11.7 Å². The Morgan fingerprint density at radius 1 is 1.43 bits per heavy atom. The van der Waals surface area contributed by atoms with Crippen LogP contribution in [0.4, 0.5) is 13.2 Å². The van der Waals surface area contributed by atoms with Gasteiger partial charge in [-0.15, -0.1) is 0 Å². The maximum Gasteiger partial charge on any atom is 0.438 e. The van der Waals surface area contributed by atoms with E-state index in [4.69, 9.17) is 4.74 Å². The summed E-state index contributed by atoms with van der Waals surface area (Å²) in [5.41, 5.74) is -0.397. The largest absolute Gasteiger partial charge is 0.489 e. The maximum absolute atomic E-state index is 12.4. The number of ether oxygens (including phenoxy) is 1. The molecule has 0 aromatic carbocycles. The number of nitrogens with zero attached hydrogens (tertiary/aromatic N) is 1. The lowest BCUT2D eigenvalue weighted by Gasteiger charge is -2.13. The van der Waals surface area contributed by atoms with Gasteiger partial charge in [-0.3, -0.25) is 5.10 Å². The molecule has 0 bridgehead atoms. The van der Waals surface area contributed by atoms with Crippen LogP contribution in [0.5, 0.6) is 5.75 Å². The number of aromatic amines is 1. The maximum atomic E-state index is 12.4. The van der Waals surface area contributed by atoms with Crippen molar-refractivity contribution in [3.63, 3.8) is 0 Å². The number of hydrogen-bond donors (Lipinski definition) is 1. The number of aromatic nitrogens is 2. The van der Waals surface area contributed by atoms with Crippen LogP contribution in [0.15, 0.2) is 0 Å². The lowest BCUT2D eigenvalue weighted by atomic mass is 10.1. The van der Waals surface area contributed by atoms with Crippen molar-refractivity contribution in [3.05, 3.63) is 11.4 Å². The van der Waals surface area contributed by atoms with Gasteiger partial charge in [0.1, 0.15) is 0 Å². The monoisotopic (exact) mass is 204 g/mol. The first kappa shape index (κ1) is 8.14. The molecule has 1 N–H and O–H groups in total. The van der Waals surface area contributed by atoms with Gasteiger partial charge in [0.15, 0.2) is 5.75 Å². The number of halogens is 3. The Morgan fingerprint density at radius 2 is 2.21 bits per heavy atom. The summed E-state index contributed by atoms with van der Waals surface area (Å²) in [4.78, 5) is 0. The lowest BCUT2D eigenvalue weighted by Crippen LogP contribution is -2.12. The normalized spacial score (nSPS) is 29.1. The molecule has 2 unspecified atom stereocenters. The summed E-state index contributed by atoms with van der Waals surface area (Å²) in [6, 6.07) is 0. The number of H-pyrrole nitrogens is 1. The summed E-state index contributed by atoms with van der Waals surface area (Å²) in [5, 5.41) is 5.70. The van der Waals surface area contributed by atoms with E-state index >= 15 is 0 Å². The van der Waals surface area contributed by atoms with Crippen molar-refractivity contribution in [2.24, 2.45) is 5.92 Å². The summed E-state index contributed by atoms with van der Waals surface area (Å²) < 4.78 is 42.2. The van der Waals surface area contributed by atoms with Crippen molar-refractivity contribution in [1.29, 1.82) is 0 Å². The van der Waals surface area contributed by atoms with Crippen LogP contribution in [0.2, 0.25) is 0 Å². The second-order valence-electron chi connectivity index (χ2n) is 3.73. The zero-order valence-corrected chi connectivity index (χ0v) is 7.06. The molecule has 1 fully saturated rings. The predicted molar refractivity (Wildman–Crippen MR) is 39.9 cm³/mol. The van der Waals surface area contributed by atoms with E-state index in [0.717, 1.165) is 6.42 Å². The third-order valence-electron chi connectivity index (χ3n) is 2.75. The molecule has 2 aliphatic rings. The van der Waals surface area contributed by atoms with E-state index in [9.17, 15) is 13.2 Å². The zero-order chi connectivity index (χ0) is 9.92. The number of fused-ring (bicyclic) bond motifs is 3. The molecule has 0 saturated heterocycles. The molecule has 3 nitrogen and oxygen atoms in total. The first-order valence-corrected chi connectivity index (χ1v) is 4.35. The Bertz CT molecular complexity index is 384. The van der Waals surface area contributed by atoms with E-state index in [1.807, 2.05) is 0 Å². The molecular formula is C8H7F3N2O. The highest BCUT2D eigenvalue weighted by atomic mass is 19.4. The van der Waals surface area contributed by atoms with Crippen LogP contribution in [0.25, 0.3) is 0 Å². The number of hydrogen-bond acceptors (Lipinski definition) is 2. The topological polar surface area (TPSA) is 37.9 Å². The van der Waals surface area contributed by atoms with Crippen molar-refractivity contribution in [2.45, 2.75) is 18.5 Å². The molecular weight excluding hydrogens is 197 g/mol. The van der Waals surface area contributed by atoms with Crippen LogP contribution in [-0.2, 0) is 6.18 Å². The molecule has 14 heavy (non-hydrogen) atoms. The van der Waals surface area contributed by atoms with Gasteiger partial charge in [0.2, 0.25) is 5.69 Å². The molecule has 1 aromatic rings. The van der Waals surface area contributed by atoms with Crippen molar-refractivity contribution < 1.29 is 17.9 Å². The average molecular weight is 204 g/mol. The minimum atomic E-state index is -4.42. The van der Waals surface area contributed by atoms with Gasteiger partial charge in [0.05, 0.1) is 12.3 Å². The number of alkyl halides is 3. The Morgan fingerprint density at radius 3 is 2.93 bits per heavy atom. The quantitative estimate of drug-likeness (QED) is 0.701. The first-order chi connectivity index (χ1) is 6.57. The molecule has 0 amide bonds. The second-order valence-corrected chi connectivity index (χ2v) is 3.73. The molecule has 1 aliphatic heterocycles. The van der Waals surface area contributed by atoms with Gasteiger partial charge in [-0.2, -0.15) is 18.3 Å². The first-order valence-electron chi connectivity index (χ1n) is 4.35. The molecule has 2 atom stereocenters. The van der Waals surface area contributed by atoms with Gasteiger partial charge >= 0.3 is 6.18 Å². The molecule has 6 heteroatoms. The summed E-state index contributed by atoms with van der Waals surface area (Å²) in [7, 11) is 0. The molecule has 3 rings (SSSR count). The SMILES string of the molecule is FC(F)(F)c1n[nH]c2c1OCC1CC21. The molecule has 76 valence electrons. The molecule has 0 spiro atoms. The third kappa shape index (κ3) is 0.964. The molecule has 2 heterocycles. The van der Waals surface area contributed by atoms with E-state index < -0.39 is 11.9 Å². The van der Waals surface area contributed by atoms with Crippen molar-refractivity contribution in [1.82, 2.24) is 10.2 Å². The van der Waals surface area contributed by atoms with Gasteiger partial charge < -0.3 is 4.74 Å². The minimum absolute atomic E-state index is 0.0868. The van der Waals surface area contributed by atoms with Gasteiger partial charge in [0.25, 0.3) is 0 Å². The zero-order valence-electron chi connectivity index (χ0n) is 7.06. The summed E-state index contributed by atoms with van der Waals surface area (Å²) in [6.45, 7) is 0.389. The molecule has 0 radical (unpaired) electrons. The fourth-order valence-electron chi connectivity index (χ4n) is 1.91. The van der Waals surface area contributed by atoms with Crippen LogP contribution in [0, 0.1) is 5.92 Å². The second kappa shape index (κ2) is 2.24. The van der Waals surface area contributed by atoms with Crippen LogP contribution < -0.4 is 4.74 Å². The fraction of sp³-hybridized carbons (Fsp3) is 0.625. The Kier molecular flexibility index (Phi) is 1.30. The van der Waals surface area contributed by atoms with E-state index in [2.05, 4.69) is 10.2 Å². The van der Waals surface area contributed by atoms with Crippen LogP contribution in [0.3, 0.4) is 0 Å². The third-order valence-corrected chi connectivity index (χ3v) is 2.75. The Labute approximate surface area is 77.3 Å². The van der Waals surface area contributed by atoms with Gasteiger partial charge in [0, 0.05) is 11.8 Å². The van der Waals surface area contributed by atoms with E-state index in [1.165, 1.54) is 0 Å². The van der Waals surface area contributed by atoms with Crippen molar-refractivity contribution in [3.8, 4) is 5.75 Å². The van der Waals surface area contributed by atoms with Crippen molar-refractivity contribution in [2.75, 3.05) is 6.61 Å². The van der Waals surface area contributed by atoms with E-state index in [0.29, 0.717) is 18.2 Å². The average Bonchev–Trinajstić information content (AvgIpc) is 2.74. The summed E-state index contributed by atoms with van der Waals surface area (Å²) >= 11 is 0. The van der Waals surface area contributed by atoms with Crippen LogP contribution >= 0.6 is 0 Å². The van der Waals surface area contributed by atoms with Gasteiger partial charge in [-0.1, -0.05) is 0 Å². The number of rotatable bonds is 0. The highest BCUT2D eigenvalue weighted by Gasteiger charge is 2.49. The summed E-state index contributed by atoms with van der Waals surface area (Å²) in [6.07, 6.45) is -3.52. The predicted octanol–water partition coefficient (Wildman–Crippen LogP) is 1.92. The Balaban J connectivity index is 2.08. The van der Waals surface area contributed by atoms with E-state index in [1.54, 1.807) is 0 Å². The Hall–Kier alpha value is -1.20. The smallest absolute Gasteiger partial charge is 0.438 e. The lowest BCUT2D eigenvalue weighted by molar-refractivity contribution is -0.142. The molecule has 1 saturated carbocycles. The number of nitrogens with one attached hydrogen (secondary N) is 1. The minimum Gasteiger partial charge on any atom is -0.489 e. The highest BCUT2D eigenvalue weighted by Crippen LogP contribution is 2.55. The van der Waals surface area contributed by atoms with Gasteiger partial charge in [-0.05, 0) is 6.42 Å².